The largest absolute Gasteiger partial charge is 0.481 e. The van der Waals surface area contributed by atoms with Crippen LogP contribution in [-0.2, 0) is 6.54 Å². The van der Waals surface area contributed by atoms with Crippen LogP contribution in [0.4, 0.5) is 0 Å². The highest BCUT2D eigenvalue weighted by molar-refractivity contribution is 5.92. The Morgan fingerprint density at radius 3 is 3.09 bits per heavy atom. The molecule has 0 aliphatic heterocycles. The first-order valence-electron chi connectivity index (χ1n) is 6.62. The number of ether oxygens (including phenoxy) is 1. The van der Waals surface area contributed by atoms with Gasteiger partial charge in [0.1, 0.15) is 0 Å². The van der Waals surface area contributed by atoms with Crippen LogP contribution >= 0.6 is 0 Å². The molecule has 3 aromatic heterocycles. The molecule has 1 N–H and O–H groups in total. The van der Waals surface area contributed by atoms with Gasteiger partial charge in [0.2, 0.25) is 11.6 Å². The Bertz CT molecular complexity index is 745. The zero-order chi connectivity index (χ0) is 15.4. The van der Waals surface area contributed by atoms with Crippen molar-refractivity contribution in [2.45, 2.75) is 6.54 Å². The fourth-order valence-corrected chi connectivity index (χ4v) is 1.94. The number of carbonyl (C=O) groups excluding carboxylic acids is 1. The zero-order valence-corrected chi connectivity index (χ0v) is 11.9. The van der Waals surface area contributed by atoms with Crippen LogP contribution in [-0.4, -0.2) is 34.5 Å². The lowest BCUT2D eigenvalue weighted by atomic mass is 10.3. The quantitative estimate of drug-likeness (QED) is 0.742. The first-order valence-corrected chi connectivity index (χ1v) is 6.62. The van der Waals surface area contributed by atoms with Crippen LogP contribution in [0.2, 0.25) is 0 Å². The van der Waals surface area contributed by atoms with Gasteiger partial charge in [0, 0.05) is 18.7 Å². The van der Waals surface area contributed by atoms with Crippen molar-refractivity contribution in [2.75, 3.05) is 13.7 Å². The molecular formula is C14H14N4O4. The second-order valence-corrected chi connectivity index (χ2v) is 4.41. The third-order valence-electron chi connectivity index (χ3n) is 3.00. The number of furan rings is 1. The van der Waals surface area contributed by atoms with Crippen LogP contribution in [0.5, 0.6) is 5.88 Å². The Balaban J connectivity index is 1.56. The van der Waals surface area contributed by atoms with Gasteiger partial charge in [-0.1, -0.05) is 5.16 Å². The molecule has 114 valence electrons. The molecule has 0 aliphatic rings. The summed E-state index contributed by atoms with van der Waals surface area (Å²) in [5.41, 5.74) is 0.193. The van der Waals surface area contributed by atoms with Crippen molar-refractivity contribution < 1.29 is 18.5 Å². The minimum Gasteiger partial charge on any atom is -0.481 e. The molecule has 8 nitrogen and oxygen atoms in total. The second kappa shape index (κ2) is 6.17. The van der Waals surface area contributed by atoms with E-state index in [4.69, 9.17) is 13.7 Å². The van der Waals surface area contributed by atoms with Crippen LogP contribution in [0, 0.1) is 0 Å². The van der Waals surface area contributed by atoms with E-state index >= 15 is 0 Å². The highest BCUT2D eigenvalue weighted by Crippen LogP contribution is 2.20. The van der Waals surface area contributed by atoms with Crippen molar-refractivity contribution in [3.05, 3.63) is 42.4 Å². The van der Waals surface area contributed by atoms with E-state index in [1.807, 2.05) is 0 Å². The molecule has 0 spiro atoms. The van der Waals surface area contributed by atoms with E-state index in [0.29, 0.717) is 30.5 Å². The summed E-state index contributed by atoms with van der Waals surface area (Å²) in [7, 11) is 1.57. The highest BCUT2D eigenvalue weighted by Gasteiger charge is 2.14. The normalized spacial score (nSPS) is 10.6. The molecule has 0 aromatic carbocycles. The molecule has 3 heterocycles. The fraction of sp³-hybridized carbons (Fsp3) is 0.214. The first-order chi connectivity index (χ1) is 10.8. The predicted octanol–water partition coefficient (Wildman–Crippen LogP) is 1.57. The summed E-state index contributed by atoms with van der Waals surface area (Å²) < 4.78 is 17.0. The maximum absolute atomic E-state index is 12.0. The van der Waals surface area contributed by atoms with E-state index in [0.717, 1.165) is 0 Å². The summed E-state index contributed by atoms with van der Waals surface area (Å²) in [5, 5.41) is 10.6. The van der Waals surface area contributed by atoms with Crippen molar-refractivity contribution in [3.63, 3.8) is 0 Å². The van der Waals surface area contributed by atoms with E-state index < -0.39 is 0 Å². The summed E-state index contributed by atoms with van der Waals surface area (Å²) in [6.07, 6.45) is 3.16. The topological polar surface area (TPSA) is 95.3 Å². The Kier molecular flexibility index (Phi) is 3.90. The van der Waals surface area contributed by atoms with Gasteiger partial charge in [0.15, 0.2) is 11.5 Å². The van der Waals surface area contributed by atoms with Crippen LogP contribution in [0.15, 0.2) is 45.7 Å². The van der Waals surface area contributed by atoms with Crippen LogP contribution < -0.4 is 10.1 Å². The average molecular weight is 302 g/mol. The summed E-state index contributed by atoms with van der Waals surface area (Å²) in [5.74, 6) is 1.24. The van der Waals surface area contributed by atoms with E-state index in [9.17, 15) is 4.79 Å². The van der Waals surface area contributed by atoms with E-state index in [1.165, 1.54) is 12.3 Å². The van der Waals surface area contributed by atoms with Crippen LogP contribution in [0.25, 0.3) is 11.5 Å². The highest BCUT2D eigenvalue weighted by atomic mass is 16.5. The molecule has 3 aromatic rings. The van der Waals surface area contributed by atoms with Gasteiger partial charge in [-0.05, 0) is 12.1 Å². The fourth-order valence-electron chi connectivity index (χ4n) is 1.94. The molecular weight excluding hydrogens is 288 g/mol. The summed E-state index contributed by atoms with van der Waals surface area (Å²) >= 11 is 0. The van der Waals surface area contributed by atoms with E-state index in [2.05, 4.69) is 15.6 Å². The SMILES string of the molecule is COc1ccnn1CCNC(=O)c1cc(-c2ccco2)on1. The van der Waals surface area contributed by atoms with Crippen LogP contribution in [0.1, 0.15) is 10.5 Å². The molecule has 0 unspecified atom stereocenters. The Morgan fingerprint density at radius 2 is 2.32 bits per heavy atom. The van der Waals surface area contributed by atoms with Gasteiger partial charge in [-0.2, -0.15) is 5.10 Å². The van der Waals surface area contributed by atoms with Gasteiger partial charge in [-0.25, -0.2) is 4.68 Å². The lowest BCUT2D eigenvalue weighted by Crippen LogP contribution is -2.27. The molecule has 22 heavy (non-hydrogen) atoms. The standard InChI is InChI=1S/C14H14N4O4/c1-20-13-4-5-16-18(13)7-6-15-14(19)10-9-12(22-17-10)11-3-2-8-21-11/h2-5,8-9H,6-7H2,1H3,(H,15,19). The number of carbonyl (C=O) groups is 1. The van der Waals surface area contributed by atoms with Gasteiger partial charge in [-0.15, -0.1) is 0 Å². The number of nitrogens with zero attached hydrogens (tertiary/aromatic N) is 3. The Hall–Kier alpha value is -3.03. The minimum absolute atomic E-state index is 0.193. The van der Waals surface area contributed by atoms with Crippen molar-refractivity contribution in [3.8, 4) is 17.4 Å². The summed E-state index contributed by atoms with van der Waals surface area (Å²) in [4.78, 5) is 12.0. The number of hydrogen-bond donors (Lipinski definition) is 1. The molecule has 1 amide bonds. The van der Waals surface area contributed by atoms with Crippen molar-refractivity contribution in [1.82, 2.24) is 20.3 Å². The van der Waals surface area contributed by atoms with Crippen molar-refractivity contribution in [1.29, 1.82) is 0 Å². The van der Waals surface area contributed by atoms with Crippen molar-refractivity contribution >= 4 is 5.91 Å². The number of aromatic nitrogens is 3. The van der Waals surface area contributed by atoms with E-state index in [1.54, 1.807) is 36.2 Å². The zero-order valence-electron chi connectivity index (χ0n) is 11.9. The van der Waals surface area contributed by atoms with E-state index in [-0.39, 0.29) is 11.6 Å². The lowest BCUT2D eigenvalue weighted by molar-refractivity contribution is 0.0942. The van der Waals surface area contributed by atoms with Crippen molar-refractivity contribution in [2.24, 2.45) is 0 Å². The molecule has 0 aliphatic carbocycles. The average Bonchev–Trinajstić information content (AvgIpc) is 3.26. The number of amides is 1. The van der Waals surface area contributed by atoms with Gasteiger partial charge in [0.25, 0.3) is 5.91 Å². The number of nitrogens with one attached hydrogen (secondary N) is 1. The molecule has 0 bridgehead atoms. The molecule has 0 saturated heterocycles. The predicted molar refractivity (Wildman–Crippen MR) is 75.3 cm³/mol. The monoisotopic (exact) mass is 302 g/mol. The van der Waals surface area contributed by atoms with Gasteiger partial charge in [-0.3, -0.25) is 4.79 Å². The van der Waals surface area contributed by atoms with Gasteiger partial charge in [0.05, 0.1) is 26.1 Å². The van der Waals surface area contributed by atoms with Gasteiger partial charge >= 0.3 is 0 Å². The Labute approximate surface area is 125 Å². The first kappa shape index (κ1) is 13.9. The summed E-state index contributed by atoms with van der Waals surface area (Å²) in [6.45, 7) is 0.880. The van der Waals surface area contributed by atoms with Gasteiger partial charge < -0.3 is 19.0 Å². The third kappa shape index (κ3) is 2.85. The molecule has 0 saturated carbocycles. The molecule has 3 rings (SSSR count). The number of rotatable bonds is 6. The molecule has 0 radical (unpaired) electrons. The maximum atomic E-state index is 12.0. The number of hydrogen-bond acceptors (Lipinski definition) is 6. The Morgan fingerprint density at radius 1 is 1.41 bits per heavy atom. The lowest BCUT2D eigenvalue weighted by Gasteiger charge is -2.06. The number of methoxy groups -OCH3 is 1. The maximum Gasteiger partial charge on any atom is 0.273 e. The molecule has 0 fully saturated rings. The molecule has 8 heteroatoms. The second-order valence-electron chi connectivity index (χ2n) is 4.41. The third-order valence-corrected chi connectivity index (χ3v) is 3.00. The van der Waals surface area contributed by atoms with Crippen LogP contribution in [0.3, 0.4) is 0 Å². The smallest absolute Gasteiger partial charge is 0.273 e. The molecule has 0 atom stereocenters. The summed E-state index contributed by atoms with van der Waals surface area (Å²) in [6, 6.07) is 6.74. The minimum atomic E-state index is -0.326.